The molecule has 0 radical (unpaired) electrons. The lowest BCUT2D eigenvalue weighted by Gasteiger charge is -2.17. The molecule has 0 aliphatic heterocycles. The maximum absolute atomic E-state index is 6.32. The van der Waals surface area contributed by atoms with Crippen LogP contribution in [-0.4, -0.2) is 16.8 Å². The molecule has 0 fully saturated rings. The summed E-state index contributed by atoms with van der Waals surface area (Å²) in [5.74, 6) is 0. The number of nitrogens with zero attached hydrogens (tertiary/aromatic N) is 2. The van der Waals surface area contributed by atoms with Crippen LogP contribution in [0.15, 0.2) is 22.7 Å². The second-order valence-corrected chi connectivity index (χ2v) is 6.24. The minimum Gasteiger partial charge on any atom is -0.313 e. The lowest BCUT2D eigenvalue weighted by Crippen LogP contribution is -2.19. The first kappa shape index (κ1) is 15.5. The molecule has 0 spiro atoms. The third-order valence-electron chi connectivity index (χ3n) is 3.61. The first-order valence-electron chi connectivity index (χ1n) is 6.55. The molecule has 0 aliphatic carbocycles. The Balaban J connectivity index is 2.31. The zero-order chi connectivity index (χ0) is 14.9. The molecule has 0 saturated carbocycles. The summed E-state index contributed by atoms with van der Waals surface area (Å²) >= 11 is 9.86. The molecule has 5 heteroatoms. The molecule has 1 atom stereocenters. The second-order valence-electron chi connectivity index (χ2n) is 5.03. The number of rotatable bonds is 4. The van der Waals surface area contributed by atoms with Crippen molar-refractivity contribution >= 4 is 27.5 Å². The molecule has 1 N–H and O–H groups in total. The summed E-state index contributed by atoms with van der Waals surface area (Å²) in [4.78, 5) is 0. The van der Waals surface area contributed by atoms with E-state index in [9.17, 15) is 0 Å². The maximum atomic E-state index is 6.32. The fourth-order valence-electron chi connectivity index (χ4n) is 2.38. The largest absolute Gasteiger partial charge is 0.313 e. The molecule has 3 nitrogen and oxygen atoms in total. The van der Waals surface area contributed by atoms with Crippen molar-refractivity contribution in [2.45, 2.75) is 26.3 Å². The van der Waals surface area contributed by atoms with Gasteiger partial charge >= 0.3 is 0 Å². The molecule has 0 aliphatic rings. The smallest absolute Gasteiger partial charge is 0.130 e. The lowest BCUT2D eigenvalue weighted by atomic mass is 9.98. The Morgan fingerprint density at radius 3 is 2.60 bits per heavy atom. The van der Waals surface area contributed by atoms with Gasteiger partial charge in [-0.25, -0.2) is 0 Å². The van der Waals surface area contributed by atoms with Crippen molar-refractivity contribution in [2.75, 3.05) is 7.05 Å². The number of hydrogen-bond acceptors (Lipinski definition) is 2. The van der Waals surface area contributed by atoms with E-state index in [4.69, 9.17) is 11.6 Å². The summed E-state index contributed by atoms with van der Waals surface area (Å²) in [6.07, 6.45) is 0.829. The van der Waals surface area contributed by atoms with Crippen molar-refractivity contribution < 1.29 is 0 Å². The van der Waals surface area contributed by atoms with Gasteiger partial charge < -0.3 is 5.32 Å². The van der Waals surface area contributed by atoms with Gasteiger partial charge in [-0.1, -0.05) is 39.7 Å². The van der Waals surface area contributed by atoms with Gasteiger partial charge in [-0.2, -0.15) is 5.10 Å². The van der Waals surface area contributed by atoms with Gasteiger partial charge in [-0.05, 0) is 44.5 Å². The number of aryl methyl sites for hydroxylation is 3. The first-order chi connectivity index (χ1) is 9.43. The first-order valence-corrected chi connectivity index (χ1v) is 7.72. The second kappa shape index (κ2) is 6.29. The summed E-state index contributed by atoms with van der Waals surface area (Å²) in [6.45, 7) is 4.10. The SMILES string of the molecule is CNC(Cc1c(C)nn(C)c1Cl)c1ccc(Br)c(C)c1. The molecule has 108 valence electrons. The highest BCUT2D eigenvalue weighted by atomic mass is 79.9. The van der Waals surface area contributed by atoms with Gasteiger partial charge in [0.25, 0.3) is 0 Å². The minimum atomic E-state index is 0.224. The Labute approximate surface area is 133 Å². The van der Waals surface area contributed by atoms with E-state index in [1.165, 1.54) is 11.1 Å². The Morgan fingerprint density at radius 2 is 2.10 bits per heavy atom. The summed E-state index contributed by atoms with van der Waals surface area (Å²) in [5.41, 5.74) is 4.59. The monoisotopic (exact) mass is 355 g/mol. The van der Waals surface area contributed by atoms with Crippen LogP contribution in [0, 0.1) is 13.8 Å². The van der Waals surface area contributed by atoms with Gasteiger partial charge in [-0.3, -0.25) is 4.68 Å². The number of nitrogens with one attached hydrogen (secondary N) is 1. The van der Waals surface area contributed by atoms with Crippen LogP contribution in [0.3, 0.4) is 0 Å². The third-order valence-corrected chi connectivity index (χ3v) is 4.97. The highest BCUT2D eigenvalue weighted by Gasteiger charge is 2.17. The maximum Gasteiger partial charge on any atom is 0.130 e. The molecule has 2 aromatic rings. The average molecular weight is 357 g/mol. The summed E-state index contributed by atoms with van der Waals surface area (Å²) in [6, 6.07) is 6.65. The van der Waals surface area contributed by atoms with Gasteiger partial charge in [0, 0.05) is 23.1 Å². The van der Waals surface area contributed by atoms with Crippen LogP contribution in [0.5, 0.6) is 0 Å². The highest BCUT2D eigenvalue weighted by Crippen LogP contribution is 2.27. The summed E-state index contributed by atoms with van der Waals surface area (Å²) in [7, 11) is 3.85. The van der Waals surface area contributed by atoms with Crippen molar-refractivity contribution in [1.82, 2.24) is 15.1 Å². The quantitative estimate of drug-likeness (QED) is 0.899. The van der Waals surface area contributed by atoms with Crippen LogP contribution in [0.1, 0.15) is 28.4 Å². The molecule has 1 aromatic heterocycles. The average Bonchev–Trinajstić information content (AvgIpc) is 2.65. The number of benzene rings is 1. The predicted molar refractivity (Wildman–Crippen MR) is 87.3 cm³/mol. The molecular formula is C15H19BrClN3. The number of aromatic nitrogens is 2. The summed E-state index contributed by atoms with van der Waals surface area (Å²) < 4.78 is 2.86. The molecule has 0 saturated heterocycles. The van der Waals surface area contributed by atoms with E-state index in [0.29, 0.717) is 0 Å². The van der Waals surface area contributed by atoms with Gasteiger partial charge in [-0.15, -0.1) is 0 Å². The van der Waals surface area contributed by atoms with Gasteiger partial charge in [0.15, 0.2) is 0 Å². The van der Waals surface area contributed by atoms with Crippen molar-refractivity contribution in [2.24, 2.45) is 7.05 Å². The van der Waals surface area contributed by atoms with Gasteiger partial charge in [0.1, 0.15) is 5.15 Å². The van der Waals surface area contributed by atoms with Gasteiger partial charge in [0.2, 0.25) is 0 Å². The van der Waals surface area contributed by atoms with Crippen LogP contribution in [0.2, 0.25) is 5.15 Å². The zero-order valence-electron chi connectivity index (χ0n) is 12.2. The minimum absolute atomic E-state index is 0.224. The number of likely N-dealkylation sites (N-methyl/N-ethyl adjacent to an activating group) is 1. The van der Waals surface area contributed by atoms with Crippen LogP contribution in [-0.2, 0) is 13.5 Å². The van der Waals surface area contributed by atoms with E-state index in [1.54, 1.807) is 4.68 Å². The molecule has 0 bridgehead atoms. The van der Waals surface area contributed by atoms with E-state index in [2.05, 4.69) is 51.5 Å². The zero-order valence-corrected chi connectivity index (χ0v) is 14.5. The van der Waals surface area contributed by atoms with E-state index in [-0.39, 0.29) is 6.04 Å². The van der Waals surface area contributed by atoms with Crippen LogP contribution >= 0.6 is 27.5 Å². The Hall–Kier alpha value is -0.840. The van der Waals surface area contributed by atoms with Gasteiger partial charge in [0.05, 0.1) is 5.69 Å². The van der Waals surface area contributed by atoms with E-state index < -0.39 is 0 Å². The van der Waals surface area contributed by atoms with E-state index in [1.807, 2.05) is 21.0 Å². The molecule has 20 heavy (non-hydrogen) atoms. The lowest BCUT2D eigenvalue weighted by molar-refractivity contribution is 0.590. The van der Waals surface area contributed by atoms with Crippen molar-refractivity contribution in [3.8, 4) is 0 Å². The molecule has 0 amide bonds. The highest BCUT2D eigenvalue weighted by molar-refractivity contribution is 9.10. The fourth-order valence-corrected chi connectivity index (χ4v) is 2.88. The Morgan fingerprint density at radius 1 is 1.40 bits per heavy atom. The molecule has 1 unspecified atom stereocenters. The van der Waals surface area contributed by atoms with Crippen LogP contribution in [0.4, 0.5) is 0 Å². The van der Waals surface area contributed by atoms with Crippen LogP contribution in [0.25, 0.3) is 0 Å². The Bertz CT molecular complexity index is 622. The molecular weight excluding hydrogens is 338 g/mol. The topological polar surface area (TPSA) is 29.9 Å². The number of halogens is 2. The van der Waals surface area contributed by atoms with E-state index in [0.717, 1.165) is 27.3 Å². The third kappa shape index (κ3) is 3.08. The predicted octanol–water partition coefficient (Wildman–Crippen LogP) is 3.96. The molecule has 2 rings (SSSR count). The van der Waals surface area contributed by atoms with Crippen molar-refractivity contribution in [1.29, 1.82) is 0 Å². The standard InChI is InChI=1S/C15H19BrClN3/c1-9-7-11(5-6-13(9)16)14(18-3)8-12-10(2)19-20(4)15(12)17/h5-7,14,18H,8H2,1-4H3. The molecule has 1 aromatic carbocycles. The van der Waals surface area contributed by atoms with E-state index >= 15 is 0 Å². The normalized spacial score (nSPS) is 12.7. The van der Waals surface area contributed by atoms with Crippen molar-refractivity contribution in [3.63, 3.8) is 0 Å². The Kier molecular flexibility index (Phi) is 4.89. The van der Waals surface area contributed by atoms with Crippen molar-refractivity contribution in [3.05, 3.63) is 50.2 Å². The summed E-state index contributed by atoms with van der Waals surface area (Å²) in [5, 5.41) is 8.46. The van der Waals surface area contributed by atoms with Crippen LogP contribution < -0.4 is 5.32 Å². The number of hydrogen-bond donors (Lipinski definition) is 1. The molecule has 1 heterocycles. The fraction of sp³-hybridized carbons (Fsp3) is 0.400.